The molecule has 0 radical (unpaired) electrons. The minimum absolute atomic E-state index is 0.121. The first-order chi connectivity index (χ1) is 11.8. The zero-order valence-corrected chi connectivity index (χ0v) is 13.9. The van der Waals surface area contributed by atoms with Gasteiger partial charge in [-0.1, -0.05) is 73.2 Å². The van der Waals surface area contributed by atoms with Crippen LogP contribution in [0.5, 0.6) is 5.75 Å². The molecule has 3 aromatic carbocycles. The monoisotopic (exact) mass is 317 g/mol. The highest BCUT2D eigenvalue weighted by molar-refractivity contribution is 5.89. The largest absolute Gasteiger partial charge is 0.507 e. The van der Waals surface area contributed by atoms with Crippen LogP contribution in [0, 0.1) is 0 Å². The molecule has 1 N–H and O–H groups in total. The van der Waals surface area contributed by atoms with Gasteiger partial charge in [-0.25, -0.2) is 0 Å². The van der Waals surface area contributed by atoms with Gasteiger partial charge in [0.15, 0.2) is 0 Å². The molecule has 24 heavy (non-hydrogen) atoms. The molecule has 3 aromatic rings. The molecule has 1 aliphatic heterocycles. The number of nitrogens with zero attached hydrogens (tertiary/aromatic N) is 1. The van der Waals surface area contributed by atoms with Crippen molar-refractivity contribution in [3.8, 4) is 5.75 Å². The Labute approximate surface area is 143 Å². The Bertz CT molecular complexity index is 822. The fraction of sp³-hybridized carbons (Fsp3) is 0.273. The van der Waals surface area contributed by atoms with Gasteiger partial charge in [-0.3, -0.25) is 4.90 Å². The first kappa shape index (κ1) is 15.2. The second-order valence-corrected chi connectivity index (χ2v) is 6.63. The molecule has 1 fully saturated rings. The summed E-state index contributed by atoms with van der Waals surface area (Å²) in [5.74, 6) is 0.424. The number of benzene rings is 3. The number of piperidine rings is 1. The molecule has 0 aliphatic carbocycles. The molecule has 1 aliphatic rings. The second-order valence-electron chi connectivity index (χ2n) is 6.63. The van der Waals surface area contributed by atoms with Gasteiger partial charge >= 0.3 is 0 Å². The van der Waals surface area contributed by atoms with Crippen LogP contribution in [0.3, 0.4) is 0 Å². The van der Waals surface area contributed by atoms with Crippen molar-refractivity contribution in [3.05, 3.63) is 77.9 Å². The Hall–Kier alpha value is -2.32. The molecule has 0 amide bonds. The van der Waals surface area contributed by atoms with Gasteiger partial charge in [-0.2, -0.15) is 0 Å². The van der Waals surface area contributed by atoms with Crippen molar-refractivity contribution in [2.24, 2.45) is 0 Å². The van der Waals surface area contributed by atoms with Crippen LogP contribution in [-0.4, -0.2) is 23.1 Å². The highest BCUT2D eigenvalue weighted by Crippen LogP contribution is 2.39. The van der Waals surface area contributed by atoms with Crippen LogP contribution in [0.4, 0.5) is 0 Å². The number of phenols is 1. The topological polar surface area (TPSA) is 23.5 Å². The molecule has 0 unspecified atom stereocenters. The SMILES string of the molecule is Oc1c([C@@H](c2ccccc2)N2CCCCC2)ccc2ccccc12. The van der Waals surface area contributed by atoms with E-state index in [-0.39, 0.29) is 6.04 Å². The summed E-state index contributed by atoms with van der Waals surface area (Å²) in [4.78, 5) is 2.52. The van der Waals surface area contributed by atoms with E-state index < -0.39 is 0 Å². The molecule has 1 atom stereocenters. The van der Waals surface area contributed by atoms with Crippen LogP contribution in [-0.2, 0) is 0 Å². The van der Waals surface area contributed by atoms with Crippen molar-refractivity contribution in [1.29, 1.82) is 0 Å². The van der Waals surface area contributed by atoms with Gasteiger partial charge in [0.2, 0.25) is 0 Å². The Morgan fingerprint density at radius 3 is 2.25 bits per heavy atom. The Balaban J connectivity index is 1.85. The summed E-state index contributed by atoms with van der Waals surface area (Å²) >= 11 is 0. The van der Waals surface area contributed by atoms with Crippen molar-refractivity contribution < 1.29 is 5.11 Å². The molecule has 1 heterocycles. The standard InChI is InChI=1S/C22H23NO/c24-22-19-12-6-5-9-17(19)13-14-20(22)21(18-10-3-1-4-11-18)23-15-7-2-8-16-23/h1,3-6,9-14,21,24H,2,7-8,15-16H2/t21-/m1/s1. The minimum atomic E-state index is 0.121. The number of likely N-dealkylation sites (tertiary alicyclic amines) is 1. The molecule has 0 saturated carbocycles. The molecule has 0 bridgehead atoms. The number of fused-ring (bicyclic) bond motifs is 1. The van der Waals surface area contributed by atoms with E-state index in [1.165, 1.54) is 24.8 Å². The van der Waals surface area contributed by atoms with Gasteiger partial charge in [0.05, 0.1) is 6.04 Å². The van der Waals surface area contributed by atoms with Crippen LogP contribution in [0.1, 0.15) is 36.4 Å². The third kappa shape index (κ3) is 2.78. The highest BCUT2D eigenvalue weighted by Gasteiger charge is 2.26. The number of hydrogen-bond donors (Lipinski definition) is 1. The highest BCUT2D eigenvalue weighted by atomic mass is 16.3. The normalized spacial score (nSPS) is 17.0. The van der Waals surface area contributed by atoms with Crippen LogP contribution < -0.4 is 0 Å². The first-order valence-corrected chi connectivity index (χ1v) is 8.84. The fourth-order valence-electron chi connectivity index (χ4n) is 3.89. The van der Waals surface area contributed by atoms with Gasteiger partial charge in [0, 0.05) is 10.9 Å². The average molecular weight is 317 g/mol. The van der Waals surface area contributed by atoms with E-state index in [2.05, 4.69) is 53.4 Å². The molecule has 1 saturated heterocycles. The van der Waals surface area contributed by atoms with E-state index in [0.29, 0.717) is 5.75 Å². The summed E-state index contributed by atoms with van der Waals surface area (Å²) in [6.07, 6.45) is 3.77. The van der Waals surface area contributed by atoms with Gasteiger partial charge in [-0.15, -0.1) is 0 Å². The van der Waals surface area contributed by atoms with Gasteiger partial charge in [-0.05, 0) is 36.9 Å². The molecule has 0 spiro atoms. The lowest BCUT2D eigenvalue weighted by molar-refractivity contribution is 0.185. The van der Waals surface area contributed by atoms with Crippen LogP contribution in [0.2, 0.25) is 0 Å². The van der Waals surface area contributed by atoms with E-state index in [1.807, 2.05) is 18.2 Å². The van der Waals surface area contributed by atoms with Gasteiger partial charge < -0.3 is 5.11 Å². The maximum absolute atomic E-state index is 11.0. The quantitative estimate of drug-likeness (QED) is 0.724. The van der Waals surface area contributed by atoms with E-state index >= 15 is 0 Å². The molecular formula is C22H23NO. The van der Waals surface area contributed by atoms with Crippen molar-refractivity contribution in [3.63, 3.8) is 0 Å². The molecular weight excluding hydrogens is 294 g/mol. The predicted octanol–water partition coefficient (Wildman–Crippen LogP) is 5.12. The van der Waals surface area contributed by atoms with Crippen LogP contribution in [0.25, 0.3) is 10.8 Å². The first-order valence-electron chi connectivity index (χ1n) is 8.84. The second kappa shape index (κ2) is 6.66. The number of phenolic OH excluding ortho intramolecular Hbond substituents is 1. The Kier molecular flexibility index (Phi) is 4.22. The van der Waals surface area contributed by atoms with Crippen LogP contribution in [0.15, 0.2) is 66.7 Å². The zero-order chi connectivity index (χ0) is 16.4. The van der Waals surface area contributed by atoms with Crippen molar-refractivity contribution in [1.82, 2.24) is 4.90 Å². The van der Waals surface area contributed by atoms with Crippen molar-refractivity contribution in [2.45, 2.75) is 25.3 Å². The van der Waals surface area contributed by atoms with Gasteiger partial charge in [0.1, 0.15) is 5.75 Å². The lowest BCUT2D eigenvalue weighted by Gasteiger charge is -2.35. The molecule has 4 rings (SSSR count). The van der Waals surface area contributed by atoms with E-state index in [4.69, 9.17) is 0 Å². The maximum atomic E-state index is 11.0. The lowest BCUT2D eigenvalue weighted by atomic mass is 9.92. The smallest absolute Gasteiger partial charge is 0.128 e. The van der Waals surface area contributed by atoms with Crippen LogP contribution >= 0.6 is 0 Å². The molecule has 2 nitrogen and oxygen atoms in total. The number of hydrogen-bond acceptors (Lipinski definition) is 2. The molecule has 0 aromatic heterocycles. The maximum Gasteiger partial charge on any atom is 0.128 e. The fourth-order valence-corrected chi connectivity index (χ4v) is 3.89. The summed E-state index contributed by atoms with van der Waals surface area (Å²) in [6.45, 7) is 2.18. The molecule has 122 valence electrons. The lowest BCUT2D eigenvalue weighted by Crippen LogP contribution is -2.34. The van der Waals surface area contributed by atoms with E-state index in [9.17, 15) is 5.11 Å². The number of rotatable bonds is 3. The van der Waals surface area contributed by atoms with Crippen molar-refractivity contribution >= 4 is 10.8 Å². The summed E-state index contributed by atoms with van der Waals surface area (Å²) < 4.78 is 0. The third-order valence-corrected chi connectivity index (χ3v) is 5.10. The number of aromatic hydroxyl groups is 1. The summed E-state index contributed by atoms with van der Waals surface area (Å²) in [6, 6.07) is 23.0. The summed E-state index contributed by atoms with van der Waals surface area (Å²) in [7, 11) is 0. The minimum Gasteiger partial charge on any atom is -0.507 e. The van der Waals surface area contributed by atoms with Crippen molar-refractivity contribution in [2.75, 3.05) is 13.1 Å². The Morgan fingerprint density at radius 1 is 0.750 bits per heavy atom. The van der Waals surface area contributed by atoms with E-state index in [1.54, 1.807) is 0 Å². The zero-order valence-electron chi connectivity index (χ0n) is 13.9. The van der Waals surface area contributed by atoms with E-state index in [0.717, 1.165) is 29.4 Å². The summed E-state index contributed by atoms with van der Waals surface area (Å²) in [5.41, 5.74) is 2.27. The van der Waals surface area contributed by atoms with Gasteiger partial charge in [0.25, 0.3) is 0 Å². The molecule has 2 heteroatoms. The average Bonchev–Trinajstić information content (AvgIpc) is 2.66. The summed E-state index contributed by atoms with van der Waals surface area (Å²) in [5, 5.41) is 13.0. The Morgan fingerprint density at radius 2 is 1.46 bits per heavy atom. The predicted molar refractivity (Wildman–Crippen MR) is 99.3 cm³/mol. The third-order valence-electron chi connectivity index (χ3n) is 5.10.